The van der Waals surface area contributed by atoms with Gasteiger partial charge >= 0.3 is 6.01 Å². The molecular weight excluding hydrogens is 268 g/mol. The fourth-order valence-corrected chi connectivity index (χ4v) is 1.67. The van der Waals surface area contributed by atoms with Crippen molar-refractivity contribution in [2.45, 2.75) is 26.8 Å². The van der Waals surface area contributed by atoms with E-state index in [1.807, 2.05) is 26.0 Å². The van der Waals surface area contributed by atoms with E-state index >= 15 is 0 Å². The molecule has 0 radical (unpaired) electrons. The highest BCUT2D eigenvalue weighted by Crippen LogP contribution is 2.12. The van der Waals surface area contributed by atoms with E-state index in [0.717, 1.165) is 17.7 Å². The van der Waals surface area contributed by atoms with Gasteiger partial charge in [-0.2, -0.15) is 15.0 Å². The van der Waals surface area contributed by atoms with Gasteiger partial charge in [0, 0.05) is 13.2 Å². The second kappa shape index (κ2) is 7.37. The second-order valence-corrected chi connectivity index (χ2v) is 4.48. The molecular formula is C14H20N6O. The number of hydrogen-bond acceptors (Lipinski definition) is 7. The highest BCUT2D eigenvalue weighted by molar-refractivity contribution is 5.36. The Kier molecular flexibility index (Phi) is 5.25. The molecule has 112 valence electrons. The zero-order valence-electron chi connectivity index (χ0n) is 12.6. The average Bonchev–Trinajstić information content (AvgIpc) is 2.52. The third-order valence-corrected chi connectivity index (χ3v) is 2.81. The number of hydrogen-bond donors (Lipinski definition) is 2. The van der Waals surface area contributed by atoms with Crippen LogP contribution in [0.3, 0.4) is 0 Å². The third kappa shape index (κ3) is 4.27. The van der Waals surface area contributed by atoms with Crippen molar-refractivity contribution in [2.75, 3.05) is 24.3 Å². The van der Waals surface area contributed by atoms with E-state index in [4.69, 9.17) is 4.74 Å². The molecule has 0 fully saturated rings. The van der Waals surface area contributed by atoms with E-state index in [1.54, 1.807) is 13.2 Å². The van der Waals surface area contributed by atoms with Crippen LogP contribution in [-0.2, 0) is 6.54 Å². The van der Waals surface area contributed by atoms with Gasteiger partial charge in [-0.25, -0.2) is 0 Å². The Hall–Kier alpha value is -2.44. The minimum Gasteiger partial charge on any atom is -0.463 e. The molecule has 2 heterocycles. The van der Waals surface area contributed by atoms with Gasteiger partial charge in [-0.05, 0) is 25.0 Å². The lowest BCUT2D eigenvalue weighted by atomic mass is 10.2. The summed E-state index contributed by atoms with van der Waals surface area (Å²) in [4.78, 5) is 17.0. The van der Waals surface area contributed by atoms with Crippen LogP contribution < -0.4 is 15.4 Å². The maximum atomic E-state index is 5.46. The Bertz CT molecular complexity index is 589. The normalized spacial score (nSPS) is 10.2. The van der Waals surface area contributed by atoms with E-state index < -0.39 is 0 Å². The van der Waals surface area contributed by atoms with Crippen molar-refractivity contribution in [3.8, 4) is 6.01 Å². The summed E-state index contributed by atoms with van der Waals surface area (Å²) in [7, 11) is 1.76. The van der Waals surface area contributed by atoms with E-state index in [1.165, 1.54) is 0 Å². The lowest BCUT2D eigenvalue weighted by Gasteiger charge is -2.09. The number of aromatic nitrogens is 4. The minimum atomic E-state index is 0.316. The lowest BCUT2D eigenvalue weighted by Crippen LogP contribution is -2.11. The molecule has 2 aromatic heterocycles. The maximum absolute atomic E-state index is 5.46. The number of nitrogens with zero attached hydrogens (tertiary/aromatic N) is 4. The predicted octanol–water partition coefficient (Wildman–Crippen LogP) is 2.02. The van der Waals surface area contributed by atoms with E-state index in [2.05, 4.69) is 30.6 Å². The fraction of sp³-hybridized carbons (Fsp3) is 0.429. The van der Waals surface area contributed by atoms with Crippen LogP contribution in [0.25, 0.3) is 0 Å². The van der Waals surface area contributed by atoms with Gasteiger partial charge in [0.25, 0.3) is 0 Å². The van der Waals surface area contributed by atoms with Gasteiger partial charge < -0.3 is 15.4 Å². The first-order valence-corrected chi connectivity index (χ1v) is 6.94. The van der Waals surface area contributed by atoms with Crippen LogP contribution in [0, 0.1) is 6.92 Å². The lowest BCUT2D eigenvalue weighted by molar-refractivity contribution is 0.292. The summed E-state index contributed by atoms with van der Waals surface area (Å²) in [5.74, 6) is 0.932. The molecule has 0 amide bonds. The second-order valence-electron chi connectivity index (χ2n) is 4.48. The molecule has 0 unspecified atom stereocenters. The number of ether oxygens (including phenoxy) is 1. The highest BCUT2D eigenvalue weighted by atomic mass is 16.5. The van der Waals surface area contributed by atoms with Gasteiger partial charge in [0.1, 0.15) is 0 Å². The molecule has 2 rings (SSSR count). The van der Waals surface area contributed by atoms with Crippen molar-refractivity contribution in [1.82, 2.24) is 19.9 Å². The van der Waals surface area contributed by atoms with Gasteiger partial charge in [0.15, 0.2) is 0 Å². The third-order valence-electron chi connectivity index (χ3n) is 2.81. The first-order valence-electron chi connectivity index (χ1n) is 6.94. The van der Waals surface area contributed by atoms with Crippen LogP contribution in [-0.4, -0.2) is 33.6 Å². The van der Waals surface area contributed by atoms with Crippen molar-refractivity contribution in [2.24, 2.45) is 0 Å². The van der Waals surface area contributed by atoms with Crippen LogP contribution in [0.15, 0.2) is 18.3 Å². The smallest absolute Gasteiger partial charge is 0.323 e. The summed E-state index contributed by atoms with van der Waals surface area (Å²) in [6.45, 7) is 5.18. The van der Waals surface area contributed by atoms with E-state index in [9.17, 15) is 0 Å². The van der Waals surface area contributed by atoms with Gasteiger partial charge in [0.05, 0.1) is 18.8 Å². The molecule has 0 spiro atoms. The Morgan fingerprint density at radius 2 is 2.00 bits per heavy atom. The van der Waals surface area contributed by atoms with Crippen molar-refractivity contribution < 1.29 is 4.74 Å². The number of rotatable bonds is 7. The van der Waals surface area contributed by atoms with Gasteiger partial charge in [-0.1, -0.05) is 13.0 Å². The molecule has 2 aromatic rings. The summed E-state index contributed by atoms with van der Waals surface area (Å²) in [6.07, 6.45) is 2.67. The monoisotopic (exact) mass is 288 g/mol. The van der Waals surface area contributed by atoms with Crippen LogP contribution in [0.2, 0.25) is 0 Å². The van der Waals surface area contributed by atoms with Gasteiger partial charge in [-0.15, -0.1) is 0 Å². The molecule has 7 nitrogen and oxygen atoms in total. The molecule has 0 atom stereocenters. The zero-order valence-corrected chi connectivity index (χ0v) is 12.6. The molecule has 0 bridgehead atoms. The van der Waals surface area contributed by atoms with Crippen molar-refractivity contribution in [3.63, 3.8) is 0 Å². The van der Waals surface area contributed by atoms with Crippen molar-refractivity contribution in [1.29, 1.82) is 0 Å². The Morgan fingerprint density at radius 1 is 1.19 bits per heavy atom. The first-order chi connectivity index (χ1) is 10.2. The quantitative estimate of drug-likeness (QED) is 0.806. The number of pyridine rings is 1. The Labute approximate surface area is 124 Å². The first kappa shape index (κ1) is 15.0. The molecule has 21 heavy (non-hydrogen) atoms. The van der Waals surface area contributed by atoms with E-state index in [0.29, 0.717) is 31.1 Å². The van der Waals surface area contributed by atoms with Crippen LogP contribution in [0.4, 0.5) is 11.9 Å². The van der Waals surface area contributed by atoms with Crippen LogP contribution in [0.1, 0.15) is 24.6 Å². The predicted molar refractivity (Wildman–Crippen MR) is 81.5 cm³/mol. The fourth-order valence-electron chi connectivity index (χ4n) is 1.67. The number of aryl methyl sites for hydroxylation is 1. The summed E-state index contributed by atoms with van der Waals surface area (Å²) in [5.41, 5.74) is 2.08. The van der Waals surface area contributed by atoms with E-state index in [-0.39, 0.29) is 0 Å². The average molecular weight is 288 g/mol. The van der Waals surface area contributed by atoms with Gasteiger partial charge in [0.2, 0.25) is 11.9 Å². The molecule has 7 heteroatoms. The number of nitrogens with one attached hydrogen (secondary N) is 2. The molecule has 0 aliphatic carbocycles. The Balaban J connectivity index is 2.09. The molecule has 0 saturated carbocycles. The molecule has 0 aromatic carbocycles. The maximum Gasteiger partial charge on any atom is 0.323 e. The molecule has 0 aliphatic heterocycles. The Morgan fingerprint density at radius 3 is 2.71 bits per heavy atom. The highest BCUT2D eigenvalue weighted by Gasteiger charge is 2.07. The largest absolute Gasteiger partial charge is 0.463 e. The minimum absolute atomic E-state index is 0.316. The van der Waals surface area contributed by atoms with Crippen LogP contribution in [0.5, 0.6) is 6.01 Å². The van der Waals surface area contributed by atoms with Crippen molar-refractivity contribution in [3.05, 3.63) is 29.6 Å². The summed E-state index contributed by atoms with van der Waals surface area (Å²) in [5, 5.41) is 6.04. The SMILES string of the molecule is CCCOc1nc(NC)nc(NCc2ncccc2C)n1. The molecule has 0 saturated heterocycles. The zero-order chi connectivity index (χ0) is 15.1. The van der Waals surface area contributed by atoms with Crippen molar-refractivity contribution >= 4 is 11.9 Å². The summed E-state index contributed by atoms with van der Waals surface area (Å²) >= 11 is 0. The topological polar surface area (TPSA) is 84.9 Å². The molecule has 0 aliphatic rings. The summed E-state index contributed by atoms with van der Waals surface area (Å²) in [6, 6.07) is 4.25. The van der Waals surface area contributed by atoms with Gasteiger partial charge in [-0.3, -0.25) is 4.98 Å². The molecule has 2 N–H and O–H groups in total. The van der Waals surface area contributed by atoms with Crippen LogP contribution >= 0.6 is 0 Å². The standard InChI is InChI=1S/C14H20N6O/c1-4-8-21-14-19-12(15-3)18-13(20-14)17-9-11-10(2)6-5-7-16-11/h5-7H,4,8-9H2,1-3H3,(H2,15,17,18,19,20). The number of anilines is 2. The summed E-state index contributed by atoms with van der Waals surface area (Å²) < 4.78 is 5.46.